The van der Waals surface area contributed by atoms with Gasteiger partial charge in [0.05, 0.1) is 22.8 Å². The topological polar surface area (TPSA) is 98.9 Å². The number of carboxylic acid groups (broad SMARTS) is 1. The highest BCUT2D eigenvalue weighted by atomic mass is 35.5. The fraction of sp³-hybridized carbons (Fsp3) is 0.652. The van der Waals surface area contributed by atoms with E-state index in [0.29, 0.717) is 28.5 Å². The second-order valence-electron chi connectivity index (χ2n) is 8.81. The van der Waals surface area contributed by atoms with Crippen molar-refractivity contribution in [1.82, 2.24) is 0 Å². The van der Waals surface area contributed by atoms with Crippen LogP contribution in [-0.2, 0) is 25.7 Å². The molecule has 9 heteroatoms. The monoisotopic (exact) mass is 489 g/mol. The fourth-order valence-electron chi connectivity index (χ4n) is 4.84. The number of carbonyl (C=O) groups is 2. The molecule has 1 aromatic carbocycles. The Hall–Kier alpha value is -1.41. The summed E-state index contributed by atoms with van der Waals surface area (Å²) in [6, 6.07) is 4.98. The van der Waals surface area contributed by atoms with Crippen LogP contribution in [0.1, 0.15) is 57.9 Å². The molecule has 2 aliphatic carbocycles. The first-order chi connectivity index (χ1) is 15.1. The molecule has 6 atom stereocenters. The molecule has 0 radical (unpaired) electrons. The molecule has 2 aliphatic rings. The minimum absolute atomic E-state index is 0.0208. The molecule has 1 aromatic rings. The second kappa shape index (κ2) is 9.84. The molecule has 0 heterocycles. The zero-order valence-electron chi connectivity index (χ0n) is 18.3. The van der Waals surface area contributed by atoms with Gasteiger partial charge in [-0.25, -0.2) is 14.0 Å². The van der Waals surface area contributed by atoms with Gasteiger partial charge in [0.2, 0.25) is 5.67 Å². The van der Waals surface area contributed by atoms with E-state index >= 15 is 4.39 Å². The van der Waals surface area contributed by atoms with Crippen LogP contribution >= 0.6 is 23.2 Å². The Labute approximate surface area is 197 Å². The van der Waals surface area contributed by atoms with Gasteiger partial charge in [-0.15, -0.1) is 0 Å². The summed E-state index contributed by atoms with van der Waals surface area (Å²) in [6.45, 7) is 4.04. The SMILES string of the molecule is CCCCCC(CC)OC(=O)[C@@]1(N)[C@H]2[C@@H](C[C@H]1OCc1ccc(Cl)c(Cl)c1)[C@]2(F)C(=O)O. The molecule has 2 saturated carbocycles. The largest absolute Gasteiger partial charge is 0.479 e. The van der Waals surface area contributed by atoms with E-state index in [1.54, 1.807) is 18.2 Å². The number of ether oxygens (including phenoxy) is 2. The first kappa shape index (κ1) is 25.2. The number of hydrogen-bond acceptors (Lipinski definition) is 5. The molecule has 178 valence electrons. The molecule has 0 aromatic heterocycles. The van der Waals surface area contributed by atoms with Crippen LogP contribution in [0.4, 0.5) is 4.39 Å². The third-order valence-corrected chi connectivity index (χ3v) is 7.52. The van der Waals surface area contributed by atoms with E-state index < -0.39 is 41.1 Å². The quantitative estimate of drug-likeness (QED) is 0.338. The van der Waals surface area contributed by atoms with Gasteiger partial charge in [-0.3, -0.25) is 0 Å². The Kier molecular flexibility index (Phi) is 7.75. The van der Waals surface area contributed by atoms with E-state index in [0.717, 1.165) is 19.3 Å². The lowest BCUT2D eigenvalue weighted by atomic mass is 9.87. The van der Waals surface area contributed by atoms with Crippen LogP contribution in [0.5, 0.6) is 0 Å². The Balaban J connectivity index is 1.77. The van der Waals surface area contributed by atoms with Crippen molar-refractivity contribution < 1.29 is 28.6 Å². The van der Waals surface area contributed by atoms with Crippen molar-refractivity contribution in [3.8, 4) is 0 Å². The van der Waals surface area contributed by atoms with E-state index in [1.165, 1.54) is 0 Å². The highest BCUT2D eigenvalue weighted by Crippen LogP contribution is 2.67. The van der Waals surface area contributed by atoms with Crippen LogP contribution < -0.4 is 5.73 Å². The van der Waals surface area contributed by atoms with Crippen molar-refractivity contribution >= 4 is 35.1 Å². The van der Waals surface area contributed by atoms with Crippen LogP contribution in [0.2, 0.25) is 10.0 Å². The van der Waals surface area contributed by atoms with Crippen LogP contribution in [0.3, 0.4) is 0 Å². The van der Waals surface area contributed by atoms with Gasteiger partial charge in [0.25, 0.3) is 0 Å². The predicted molar refractivity (Wildman–Crippen MR) is 119 cm³/mol. The van der Waals surface area contributed by atoms with Gasteiger partial charge in [0.1, 0.15) is 11.6 Å². The average molecular weight is 490 g/mol. The molecule has 3 rings (SSSR count). The second-order valence-corrected chi connectivity index (χ2v) is 9.62. The summed E-state index contributed by atoms with van der Waals surface area (Å²) in [5, 5.41) is 10.2. The maximum atomic E-state index is 15.1. The molecule has 0 spiro atoms. The summed E-state index contributed by atoms with van der Waals surface area (Å²) in [4.78, 5) is 24.8. The van der Waals surface area contributed by atoms with Gasteiger partial charge >= 0.3 is 11.9 Å². The molecule has 6 nitrogen and oxygen atoms in total. The number of benzene rings is 1. The van der Waals surface area contributed by atoms with Crippen molar-refractivity contribution in [2.24, 2.45) is 17.6 Å². The molecule has 2 fully saturated rings. The van der Waals surface area contributed by atoms with Gasteiger partial charge < -0.3 is 20.3 Å². The summed E-state index contributed by atoms with van der Waals surface area (Å²) in [6.07, 6.45) is 2.98. The zero-order chi connectivity index (χ0) is 23.7. The van der Waals surface area contributed by atoms with E-state index in [1.807, 2.05) is 6.92 Å². The summed E-state index contributed by atoms with van der Waals surface area (Å²) < 4.78 is 26.7. The maximum Gasteiger partial charge on any atom is 0.342 e. The summed E-state index contributed by atoms with van der Waals surface area (Å²) in [5.74, 6) is -4.48. The standard InChI is InChI=1S/C23H30Cl2FNO5/c1-3-5-6-7-14(4-2)32-21(30)23(27)18(11-15-19(23)22(15,26)20(28)29)31-12-13-8-9-16(24)17(25)10-13/h8-10,14-15,18-19H,3-7,11-12,27H2,1-2H3,(H,28,29)/t14?,15-,18-,19+,22-,23+/m1/s1. The number of rotatable bonds is 11. The first-order valence-corrected chi connectivity index (χ1v) is 11.8. The van der Waals surface area contributed by atoms with Crippen molar-refractivity contribution in [1.29, 1.82) is 0 Å². The lowest BCUT2D eigenvalue weighted by Gasteiger charge is -2.34. The lowest BCUT2D eigenvalue weighted by Crippen LogP contribution is -2.61. The van der Waals surface area contributed by atoms with Crippen molar-refractivity contribution in [2.45, 2.75) is 82.4 Å². The number of hydrogen-bond donors (Lipinski definition) is 2. The number of nitrogens with two attached hydrogens (primary N) is 1. The van der Waals surface area contributed by atoms with Gasteiger partial charge in [-0.05, 0) is 43.4 Å². The summed E-state index contributed by atoms with van der Waals surface area (Å²) >= 11 is 12.0. The van der Waals surface area contributed by atoms with E-state index in [9.17, 15) is 14.7 Å². The third kappa shape index (κ3) is 4.49. The van der Waals surface area contributed by atoms with Crippen LogP contribution in [-0.4, -0.2) is 40.5 Å². The fourth-order valence-corrected chi connectivity index (χ4v) is 5.16. The minimum atomic E-state index is -2.54. The Morgan fingerprint density at radius 1 is 1.28 bits per heavy atom. The average Bonchev–Trinajstić information content (AvgIpc) is 3.24. The minimum Gasteiger partial charge on any atom is -0.479 e. The first-order valence-electron chi connectivity index (χ1n) is 11.1. The number of carbonyl (C=O) groups excluding carboxylic acids is 1. The predicted octanol–water partition coefficient (Wildman–Crippen LogP) is 4.92. The molecule has 0 saturated heterocycles. The van der Waals surface area contributed by atoms with Crippen LogP contribution in [0, 0.1) is 11.8 Å². The highest BCUT2D eigenvalue weighted by Gasteiger charge is 2.85. The lowest BCUT2D eigenvalue weighted by molar-refractivity contribution is -0.166. The number of unbranched alkanes of at least 4 members (excludes halogenated alkanes) is 2. The molecule has 0 aliphatic heterocycles. The number of esters is 1. The summed E-state index contributed by atoms with van der Waals surface area (Å²) in [7, 11) is 0. The van der Waals surface area contributed by atoms with E-state index in [-0.39, 0.29) is 19.1 Å². The number of aliphatic carboxylic acids is 1. The van der Waals surface area contributed by atoms with Gasteiger partial charge in [-0.1, -0.05) is 56.0 Å². The molecule has 1 unspecified atom stereocenters. The van der Waals surface area contributed by atoms with E-state index in [2.05, 4.69) is 6.92 Å². The van der Waals surface area contributed by atoms with Gasteiger partial charge in [-0.2, -0.15) is 0 Å². The molecule has 0 amide bonds. The number of fused-ring (bicyclic) bond motifs is 1. The molecule has 32 heavy (non-hydrogen) atoms. The Morgan fingerprint density at radius 3 is 2.59 bits per heavy atom. The zero-order valence-corrected chi connectivity index (χ0v) is 19.8. The number of alkyl halides is 1. The highest BCUT2D eigenvalue weighted by molar-refractivity contribution is 6.42. The van der Waals surface area contributed by atoms with Crippen LogP contribution in [0.15, 0.2) is 18.2 Å². The maximum absolute atomic E-state index is 15.1. The number of halogens is 3. The summed E-state index contributed by atoms with van der Waals surface area (Å²) in [5.41, 5.74) is 2.75. The third-order valence-electron chi connectivity index (χ3n) is 6.78. The molecular formula is C23H30Cl2FNO5. The van der Waals surface area contributed by atoms with Crippen molar-refractivity contribution in [3.05, 3.63) is 33.8 Å². The van der Waals surface area contributed by atoms with Crippen molar-refractivity contribution in [3.63, 3.8) is 0 Å². The Bertz CT molecular complexity index is 871. The van der Waals surface area contributed by atoms with E-state index in [4.69, 9.17) is 38.4 Å². The van der Waals surface area contributed by atoms with Gasteiger partial charge in [0, 0.05) is 11.8 Å². The Morgan fingerprint density at radius 2 is 2.00 bits per heavy atom. The van der Waals surface area contributed by atoms with Crippen molar-refractivity contribution in [2.75, 3.05) is 0 Å². The molecule has 3 N–H and O–H groups in total. The number of carboxylic acids is 1. The van der Waals surface area contributed by atoms with Crippen LogP contribution in [0.25, 0.3) is 0 Å². The molecule has 0 bridgehead atoms. The van der Waals surface area contributed by atoms with Gasteiger partial charge in [0.15, 0.2) is 0 Å². The normalized spacial score (nSPS) is 31.8. The smallest absolute Gasteiger partial charge is 0.342 e. The molecular weight excluding hydrogens is 460 g/mol.